The second-order valence-corrected chi connectivity index (χ2v) is 6.09. The number of halogens is 1. The number of ether oxygens (including phenoxy) is 1. The van der Waals surface area contributed by atoms with Crippen LogP contribution in [-0.4, -0.2) is 13.2 Å². The Morgan fingerprint density at radius 3 is 3.00 bits per heavy atom. The van der Waals surface area contributed by atoms with Gasteiger partial charge < -0.3 is 10.1 Å². The molecule has 1 aliphatic rings. The van der Waals surface area contributed by atoms with Gasteiger partial charge in [-0.25, -0.2) is 0 Å². The summed E-state index contributed by atoms with van der Waals surface area (Å²) in [6, 6.07) is 14.7. The first-order valence-electron chi connectivity index (χ1n) is 6.96. The van der Waals surface area contributed by atoms with Crippen LogP contribution in [0, 0.1) is 6.92 Å². The van der Waals surface area contributed by atoms with Crippen LogP contribution in [0.3, 0.4) is 0 Å². The predicted molar refractivity (Wildman–Crippen MR) is 86.7 cm³/mol. The molecule has 2 nitrogen and oxygen atoms in total. The Morgan fingerprint density at radius 2 is 2.10 bits per heavy atom. The van der Waals surface area contributed by atoms with Crippen molar-refractivity contribution in [3.63, 3.8) is 0 Å². The van der Waals surface area contributed by atoms with Gasteiger partial charge >= 0.3 is 0 Å². The topological polar surface area (TPSA) is 21.3 Å². The summed E-state index contributed by atoms with van der Waals surface area (Å²) >= 11 is 3.60. The smallest absolute Gasteiger partial charge is 0.122 e. The fourth-order valence-electron chi connectivity index (χ4n) is 2.64. The molecule has 1 aliphatic heterocycles. The van der Waals surface area contributed by atoms with Crippen molar-refractivity contribution in [1.29, 1.82) is 0 Å². The summed E-state index contributed by atoms with van der Waals surface area (Å²) in [4.78, 5) is 0. The number of anilines is 1. The first-order valence-corrected chi connectivity index (χ1v) is 7.75. The lowest BCUT2D eigenvalue weighted by molar-refractivity contribution is 0.270. The highest BCUT2D eigenvalue weighted by atomic mass is 79.9. The van der Waals surface area contributed by atoms with Gasteiger partial charge in [0.25, 0.3) is 0 Å². The molecule has 1 N–H and O–H groups in total. The number of benzene rings is 2. The fraction of sp³-hybridized carbons (Fsp3) is 0.294. The summed E-state index contributed by atoms with van der Waals surface area (Å²) in [6.45, 7) is 3.85. The highest BCUT2D eigenvalue weighted by molar-refractivity contribution is 9.10. The maximum absolute atomic E-state index is 5.71. The van der Waals surface area contributed by atoms with Gasteiger partial charge in [-0.3, -0.25) is 0 Å². The zero-order valence-electron chi connectivity index (χ0n) is 11.5. The normalized spacial score (nSPS) is 17.2. The lowest BCUT2D eigenvalue weighted by Gasteiger charge is -2.26. The van der Waals surface area contributed by atoms with Gasteiger partial charge in [0.1, 0.15) is 5.75 Å². The van der Waals surface area contributed by atoms with Crippen molar-refractivity contribution in [2.75, 3.05) is 18.5 Å². The van der Waals surface area contributed by atoms with Crippen LogP contribution < -0.4 is 10.1 Å². The molecule has 0 aliphatic carbocycles. The van der Waals surface area contributed by atoms with Gasteiger partial charge in [-0.05, 0) is 58.6 Å². The van der Waals surface area contributed by atoms with Crippen molar-refractivity contribution in [2.45, 2.75) is 19.3 Å². The van der Waals surface area contributed by atoms with Crippen LogP contribution in [0.2, 0.25) is 0 Å². The maximum Gasteiger partial charge on any atom is 0.122 e. The Hall–Kier alpha value is -1.48. The molecule has 20 heavy (non-hydrogen) atoms. The Bertz CT molecular complexity index is 612. The lowest BCUT2D eigenvalue weighted by atomic mass is 9.93. The Labute approximate surface area is 128 Å². The van der Waals surface area contributed by atoms with E-state index in [1.807, 2.05) is 6.07 Å². The van der Waals surface area contributed by atoms with E-state index in [1.165, 1.54) is 11.1 Å². The van der Waals surface area contributed by atoms with E-state index in [1.54, 1.807) is 0 Å². The van der Waals surface area contributed by atoms with Gasteiger partial charge in [0, 0.05) is 22.6 Å². The molecule has 104 valence electrons. The van der Waals surface area contributed by atoms with Gasteiger partial charge in [-0.1, -0.05) is 24.3 Å². The van der Waals surface area contributed by atoms with Gasteiger partial charge in [-0.15, -0.1) is 0 Å². The molecule has 1 unspecified atom stereocenters. The maximum atomic E-state index is 5.71. The molecule has 0 radical (unpaired) electrons. The van der Waals surface area contributed by atoms with Gasteiger partial charge in [0.05, 0.1) is 6.61 Å². The third-order valence-corrected chi connectivity index (χ3v) is 4.43. The highest BCUT2D eigenvalue weighted by Gasteiger charge is 2.20. The van der Waals surface area contributed by atoms with Crippen LogP contribution in [0.5, 0.6) is 5.75 Å². The third-order valence-electron chi connectivity index (χ3n) is 3.74. The summed E-state index contributed by atoms with van der Waals surface area (Å²) in [5.41, 5.74) is 3.74. The summed E-state index contributed by atoms with van der Waals surface area (Å²) in [7, 11) is 0. The molecule has 0 spiro atoms. The van der Waals surface area contributed by atoms with E-state index in [2.05, 4.69) is 64.6 Å². The molecule has 0 bridgehead atoms. The molecule has 1 atom stereocenters. The quantitative estimate of drug-likeness (QED) is 0.877. The number of hydrogen-bond donors (Lipinski definition) is 1. The zero-order valence-corrected chi connectivity index (χ0v) is 13.1. The number of rotatable bonds is 3. The van der Waals surface area contributed by atoms with Crippen molar-refractivity contribution in [3.8, 4) is 5.75 Å². The highest BCUT2D eigenvalue weighted by Crippen LogP contribution is 2.34. The Morgan fingerprint density at radius 1 is 1.25 bits per heavy atom. The summed E-state index contributed by atoms with van der Waals surface area (Å²) in [5.74, 6) is 1.54. The van der Waals surface area contributed by atoms with Crippen LogP contribution in [0.15, 0.2) is 46.9 Å². The van der Waals surface area contributed by atoms with Crippen LogP contribution in [-0.2, 0) is 0 Å². The Balaban J connectivity index is 1.75. The van der Waals surface area contributed by atoms with Crippen molar-refractivity contribution in [1.82, 2.24) is 0 Å². The SMILES string of the molecule is Cc1ccc(Br)c(NCC2CCOc3ccccc32)c1. The first-order chi connectivity index (χ1) is 9.74. The fourth-order valence-corrected chi connectivity index (χ4v) is 3.02. The molecular weight excluding hydrogens is 314 g/mol. The monoisotopic (exact) mass is 331 g/mol. The number of hydrogen-bond acceptors (Lipinski definition) is 2. The zero-order chi connectivity index (χ0) is 13.9. The van der Waals surface area contributed by atoms with Gasteiger partial charge in [-0.2, -0.15) is 0 Å². The van der Waals surface area contributed by atoms with Crippen molar-refractivity contribution in [3.05, 3.63) is 58.1 Å². The molecule has 0 aromatic heterocycles. The van der Waals surface area contributed by atoms with Crippen molar-refractivity contribution < 1.29 is 4.74 Å². The van der Waals surface area contributed by atoms with Crippen LogP contribution in [0.4, 0.5) is 5.69 Å². The van der Waals surface area contributed by atoms with E-state index in [9.17, 15) is 0 Å². The van der Waals surface area contributed by atoms with E-state index >= 15 is 0 Å². The van der Waals surface area contributed by atoms with Crippen LogP contribution in [0.25, 0.3) is 0 Å². The molecule has 0 saturated carbocycles. The predicted octanol–water partition coefficient (Wildman–Crippen LogP) is 4.74. The van der Waals surface area contributed by atoms with Crippen molar-refractivity contribution >= 4 is 21.6 Å². The average molecular weight is 332 g/mol. The van der Waals surface area contributed by atoms with Gasteiger partial charge in [0.2, 0.25) is 0 Å². The molecule has 3 heteroatoms. The summed E-state index contributed by atoms with van der Waals surface area (Å²) < 4.78 is 6.83. The van der Waals surface area contributed by atoms with E-state index in [4.69, 9.17) is 4.74 Å². The second kappa shape index (κ2) is 5.88. The van der Waals surface area contributed by atoms with E-state index in [0.29, 0.717) is 5.92 Å². The molecule has 0 fully saturated rings. The van der Waals surface area contributed by atoms with Crippen molar-refractivity contribution in [2.24, 2.45) is 0 Å². The minimum Gasteiger partial charge on any atom is -0.493 e. The third kappa shape index (κ3) is 2.83. The first kappa shape index (κ1) is 13.5. The minimum atomic E-state index is 0.507. The molecule has 3 rings (SSSR count). The molecule has 1 heterocycles. The average Bonchev–Trinajstić information content (AvgIpc) is 2.48. The molecule has 2 aromatic carbocycles. The summed E-state index contributed by atoms with van der Waals surface area (Å²) in [5, 5.41) is 3.56. The molecule has 0 amide bonds. The number of nitrogens with one attached hydrogen (secondary N) is 1. The van der Waals surface area contributed by atoms with E-state index < -0.39 is 0 Å². The summed E-state index contributed by atoms with van der Waals surface area (Å²) in [6.07, 6.45) is 1.06. The van der Waals surface area contributed by atoms with Crippen LogP contribution >= 0.6 is 15.9 Å². The minimum absolute atomic E-state index is 0.507. The largest absolute Gasteiger partial charge is 0.493 e. The van der Waals surface area contributed by atoms with E-state index in [0.717, 1.165) is 35.5 Å². The second-order valence-electron chi connectivity index (χ2n) is 5.24. The molecule has 2 aromatic rings. The number of aryl methyl sites for hydroxylation is 1. The lowest BCUT2D eigenvalue weighted by Crippen LogP contribution is -2.20. The molecular formula is C17H18BrNO. The van der Waals surface area contributed by atoms with Gasteiger partial charge in [0.15, 0.2) is 0 Å². The standard InChI is InChI=1S/C17H18BrNO/c1-12-6-7-15(18)16(10-12)19-11-13-8-9-20-17-5-3-2-4-14(13)17/h2-7,10,13,19H,8-9,11H2,1H3. The molecule has 0 saturated heterocycles. The van der Waals surface area contributed by atoms with Crippen LogP contribution in [0.1, 0.15) is 23.5 Å². The number of para-hydroxylation sites is 1. The Kier molecular flexibility index (Phi) is 3.97. The van der Waals surface area contributed by atoms with E-state index in [-0.39, 0.29) is 0 Å². The number of fused-ring (bicyclic) bond motifs is 1.